The maximum atomic E-state index is 10.0. The molecule has 0 aromatic rings. The molecule has 0 radical (unpaired) electrons. The van der Waals surface area contributed by atoms with Crippen molar-refractivity contribution in [1.82, 2.24) is 0 Å². The number of hydrogen-bond acceptors (Lipinski definition) is 4. The van der Waals surface area contributed by atoms with E-state index >= 15 is 0 Å². The van der Waals surface area contributed by atoms with Crippen LogP contribution in [0.5, 0.6) is 0 Å². The molecule has 0 rings (SSSR count). The maximum Gasteiger partial charge on any atom is 0.508 e. The van der Waals surface area contributed by atoms with Crippen molar-refractivity contribution >= 4 is 58.7 Å². The van der Waals surface area contributed by atoms with Crippen molar-refractivity contribution in [2.75, 3.05) is 0 Å². The molecule has 0 aliphatic carbocycles. The number of halogens is 4. The standard InChI is InChI=1S/C4H2Cl4O6/c5-3(6,13-1(9)10)4(7,8)14-2(11)12/h(H,9,10)(H,11,12). The van der Waals surface area contributed by atoms with Crippen LogP contribution in [0, 0.1) is 0 Å². The van der Waals surface area contributed by atoms with Crippen molar-refractivity contribution in [1.29, 1.82) is 0 Å². The number of hydrogen-bond donors (Lipinski definition) is 2. The van der Waals surface area contributed by atoms with Gasteiger partial charge in [0.2, 0.25) is 0 Å². The van der Waals surface area contributed by atoms with Gasteiger partial charge in [-0.15, -0.1) is 0 Å². The average molecular weight is 288 g/mol. The Morgan fingerprint density at radius 1 is 0.857 bits per heavy atom. The van der Waals surface area contributed by atoms with Crippen LogP contribution in [0.2, 0.25) is 0 Å². The number of carbonyl (C=O) groups is 2. The number of rotatable bonds is 3. The minimum Gasteiger partial charge on any atom is -0.450 e. The zero-order valence-electron chi connectivity index (χ0n) is 6.04. The largest absolute Gasteiger partial charge is 0.508 e. The molecule has 0 amide bonds. The molecule has 82 valence electrons. The lowest BCUT2D eigenvalue weighted by atomic mass is 10.7. The Morgan fingerprint density at radius 3 is 1.21 bits per heavy atom. The molecule has 0 unspecified atom stereocenters. The second-order valence-corrected chi connectivity index (χ2v) is 4.29. The number of ether oxygens (including phenoxy) is 2. The first-order valence-corrected chi connectivity index (χ1v) is 4.19. The van der Waals surface area contributed by atoms with Crippen molar-refractivity contribution in [3.63, 3.8) is 0 Å². The smallest absolute Gasteiger partial charge is 0.450 e. The monoisotopic (exact) mass is 286 g/mol. The lowest BCUT2D eigenvalue weighted by Gasteiger charge is -2.28. The van der Waals surface area contributed by atoms with Crippen molar-refractivity contribution < 1.29 is 29.3 Å². The highest BCUT2D eigenvalue weighted by Gasteiger charge is 2.55. The molecule has 0 saturated heterocycles. The van der Waals surface area contributed by atoms with Gasteiger partial charge in [0.1, 0.15) is 0 Å². The second kappa shape index (κ2) is 4.48. The van der Waals surface area contributed by atoms with Gasteiger partial charge in [-0.2, -0.15) is 0 Å². The predicted octanol–water partition coefficient (Wildman–Crippen LogP) is 2.64. The quantitative estimate of drug-likeness (QED) is 0.612. The van der Waals surface area contributed by atoms with E-state index in [1.54, 1.807) is 0 Å². The average Bonchev–Trinajstić information content (AvgIpc) is 1.78. The Labute approximate surface area is 97.2 Å². The van der Waals surface area contributed by atoms with E-state index < -0.39 is 21.3 Å². The molecular weight excluding hydrogens is 286 g/mol. The fraction of sp³-hybridized carbons (Fsp3) is 0.500. The van der Waals surface area contributed by atoms with E-state index in [9.17, 15) is 9.59 Å². The SMILES string of the molecule is O=C(O)OC(Cl)(Cl)C(Cl)(Cl)OC(=O)O. The van der Waals surface area contributed by atoms with E-state index in [1.807, 2.05) is 0 Å². The summed E-state index contributed by atoms with van der Waals surface area (Å²) >= 11 is 20.7. The van der Waals surface area contributed by atoms with E-state index in [0.29, 0.717) is 0 Å². The summed E-state index contributed by atoms with van der Waals surface area (Å²) in [5, 5.41) is 16.3. The van der Waals surface area contributed by atoms with Crippen LogP contribution in [0.1, 0.15) is 0 Å². The summed E-state index contributed by atoms with van der Waals surface area (Å²) in [6, 6.07) is 0. The van der Waals surface area contributed by atoms with Gasteiger partial charge in [0.25, 0.3) is 0 Å². The Morgan fingerprint density at radius 2 is 1.07 bits per heavy atom. The normalized spacial score (nSPS) is 12.0. The summed E-state index contributed by atoms with van der Waals surface area (Å²) in [4.78, 5) is 20.1. The first-order chi connectivity index (χ1) is 6.08. The van der Waals surface area contributed by atoms with Crippen LogP contribution in [-0.4, -0.2) is 31.6 Å². The third kappa shape index (κ3) is 3.83. The Balaban J connectivity index is 4.67. The van der Waals surface area contributed by atoms with Crippen molar-refractivity contribution in [2.45, 2.75) is 9.04 Å². The zero-order chi connectivity index (χ0) is 11.6. The van der Waals surface area contributed by atoms with E-state index in [-0.39, 0.29) is 0 Å². The van der Waals surface area contributed by atoms with Crippen LogP contribution in [0.3, 0.4) is 0 Å². The first kappa shape index (κ1) is 13.7. The highest BCUT2D eigenvalue weighted by molar-refractivity contribution is 6.61. The van der Waals surface area contributed by atoms with E-state index in [0.717, 1.165) is 0 Å². The van der Waals surface area contributed by atoms with Crippen LogP contribution in [-0.2, 0) is 9.47 Å². The minimum atomic E-state index is -2.78. The zero-order valence-corrected chi connectivity index (χ0v) is 9.06. The van der Waals surface area contributed by atoms with Gasteiger partial charge in [-0.05, 0) is 46.4 Å². The van der Waals surface area contributed by atoms with Crippen LogP contribution < -0.4 is 0 Å². The fourth-order valence-corrected chi connectivity index (χ4v) is 0.756. The van der Waals surface area contributed by atoms with Crippen LogP contribution >= 0.6 is 46.4 Å². The molecule has 0 aliphatic rings. The summed E-state index contributed by atoms with van der Waals surface area (Å²) in [6.07, 6.45) is -3.82. The van der Waals surface area contributed by atoms with E-state index in [1.165, 1.54) is 0 Å². The molecule has 10 heteroatoms. The Bertz CT molecular complexity index is 224. The summed E-state index contributed by atoms with van der Waals surface area (Å²) in [7, 11) is 0. The van der Waals surface area contributed by atoms with Gasteiger partial charge in [0.05, 0.1) is 0 Å². The molecule has 0 aliphatic heterocycles. The second-order valence-electron chi connectivity index (χ2n) is 1.77. The third-order valence-electron chi connectivity index (χ3n) is 0.770. The summed E-state index contributed by atoms with van der Waals surface area (Å²) in [5.41, 5.74) is 0. The first-order valence-electron chi connectivity index (χ1n) is 2.68. The maximum absolute atomic E-state index is 10.0. The van der Waals surface area contributed by atoms with Gasteiger partial charge >= 0.3 is 21.3 Å². The number of carboxylic acid groups (broad SMARTS) is 2. The molecule has 0 heterocycles. The molecule has 0 bridgehead atoms. The molecule has 6 nitrogen and oxygen atoms in total. The third-order valence-corrected chi connectivity index (χ3v) is 2.53. The van der Waals surface area contributed by atoms with Crippen LogP contribution in [0.15, 0.2) is 0 Å². The minimum absolute atomic E-state index is 1.91. The molecule has 0 spiro atoms. The Kier molecular flexibility index (Phi) is 4.38. The molecule has 14 heavy (non-hydrogen) atoms. The molecule has 0 saturated carbocycles. The van der Waals surface area contributed by atoms with Gasteiger partial charge in [0.15, 0.2) is 0 Å². The van der Waals surface area contributed by atoms with E-state index in [4.69, 9.17) is 56.6 Å². The fourth-order valence-electron chi connectivity index (χ4n) is 0.338. The summed E-state index contributed by atoms with van der Waals surface area (Å²) in [6.45, 7) is 0. The highest BCUT2D eigenvalue weighted by atomic mass is 35.5. The molecular formula is C4H2Cl4O6. The topological polar surface area (TPSA) is 93.1 Å². The molecule has 0 fully saturated rings. The number of alkyl halides is 4. The van der Waals surface area contributed by atoms with Gasteiger partial charge in [0, 0.05) is 0 Å². The summed E-state index contributed by atoms with van der Waals surface area (Å²) < 4.78 is 2.04. The van der Waals surface area contributed by atoms with Gasteiger partial charge in [-0.1, -0.05) is 0 Å². The van der Waals surface area contributed by atoms with Crippen molar-refractivity contribution in [3.05, 3.63) is 0 Å². The van der Waals surface area contributed by atoms with Crippen molar-refractivity contribution in [2.24, 2.45) is 0 Å². The molecule has 0 atom stereocenters. The highest BCUT2D eigenvalue weighted by Crippen LogP contribution is 2.44. The predicted molar refractivity (Wildman–Crippen MR) is 47.1 cm³/mol. The van der Waals surface area contributed by atoms with Crippen molar-refractivity contribution in [3.8, 4) is 0 Å². The molecule has 0 aromatic carbocycles. The van der Waals surface area contributed by atoms with Gasteiger partial charge < -0.3 is 19.7 Å². The molecule has 0 aromatic heterocycles. The van der Waals surface area contributed by atoms with Crippen LogP contribution in [0.25, 0.3) is 0 Å². The van der Waals surface area contributed by atoms with Gasteiger partial charge in [-0.25, -0.2) is 9.59 Å². The van der Waals surface area contributed by atoms with Crippen LogP contribution in [0.4, 0.5) is 9.59 Å². The van der Waals surface area contributed by atoms with E-state index in [2.05, 4.69) is 9.47 Å². The van der Waals surface area contributed by atoms with Gasteiger partial charge in [-0.3, -0.25) is 0 Å². The molecule has 2 N–H and O–H groups in total. The summed E-state index contributed by atoms with van der Waals surface area (Å²) in [5.74, 6) is 0. The lowest BCUT2D eigenvalue weighted by molar-refractivity contribution is -0.0132. The Hall–Kier alpha value is -0.300. The lowest BCUT2D eigenvalue weighted by Crippen LogP contribution is -2.43.